The van der Waals surface area contributed by atoms with Gasteiger partial charge in [0, 0.05) is 23.6 Å². The Kier molecular flexibility index (Phi) is 3.18. The van der Waals surface area contributed by atoms with E-state index in [1.165, 1.54) is 12.1 Å². The van der Waals surface area contributed by atoms with Gasteiger partial charge in [-0.15, -0.1) is 0 Å². The van der Waals surface area contributed by atoms with Crippen LogP contribution in [0.3, 0.4) is 0 Å². The summed E-state index contributed by atoms with van der Waals surface area (Å²) < 4.78 is 33.0. The molecule has 0 fully saturated rings. The van der Waals surface area contributed by atoms with Crippen LogP contribution in [0, 0.1) is 18.6 Å². The summed E-state index contributed by atoms with van der Waals surface area (Å²) in [5.41, 5.74) is 8.36. The topological polar surface area (TPSA) is 35.2 Å². The van der Waals surface area contributed by atoms with Crippen LogP contribution < -0.4 is 10.5 Å². The number of aryl methyl sites for hydroxylation is 1. The first-order chi connectivity index (χ1) is 9.56. The van der Waals surface area contributed by atoms with Gasteiger partial charge in [0.1, 0.15) is 11.9 Å². The Labute approximate surface area is 116 Å². The van der Waals surface area contributed by atoms with Crippen molar-refractivity contribution in [2.75, 3.05) is 0 Å². The molecule has 0 amide bonds. The average Bonchev–Trinajstić information content (AvgIpc) is 2.42. The normalized spacial score (nSPS) is 21.2. The molecule has 2 atom stereocenters. The number of ether oxygens (including phenoxy) is 1. The number of nitrogens with two attached hydrogens (primary N) is 1. The van der Waals surface area contributed by atoms with E-state index in [4.69, 9.17) is 10.5 Å². The summed E-state index contributed by atoms with van der Waals surface area (Å²) in [5.74, 6) is -1.09. The molecule has 2 aromatic carbocycles. The van der Waals surface area contributed by atoms with Gasteiger partial charge >= 0.3 is 0 Å². The van der Waals surface area contributed by atoms with Crippen molar-refractivity contribution >= 4 is 0 Å². The van der Waals surface area contributed by atoms with Gasteiger partial charge in [-0.1, -0.05) is 29.8 Å². The summed E-state index contributed by atoms with van der Waals surface area (Å²) in [6.45, 7) is 1.98. The van der Waals surface area contributed by atoms with Gasteiger partial charge in [-0.05, 0) is 19.1 Å². The zero-order valence-electron chi connectivity index (χ0n) is 11.1. The Morgan fingerprint density at radius 2 is 1.95 bits per heavy atom. The van der Waals surface area contributed by atoms with Crippen molar-refractivity contribution in [2.24, 2.45) is 5.73 Å². The van der Waals surface area contributed by atoms with Crippen LogP contribution in [0.2, 0.25) is 0 Å². The van der Waals surface area contributed by atoms with Crippen LogP contribution in [-0.4, -0.2) is 0 Å². The lowest BCUT2D eigenvalue weighted by Gasteiger charge is -2.31. The molecule has 2 aromatic rings. The molecule has 20 heavy (non-hydrogen) atoms. The first-order valence-corrected chi connectivity index (χ1v) is 6.53. The van der Waals surface area contributed by atoms with Gasteiger partial charge in [-0.3, -0.25) is 0 Å². The SMILES string of the molecule is Cc1ccc2c(c1)C(N)CC(c1cccc(F)c1F)O2. The monoisotopic (exact) mass is 275 g/mol. The lowest BCUT2D eigenvalue weighted by atomic mass is 9.92. The smallest absolute Gasteiger partial charge is 0.165 e. The van der Waals surface area contributed by atoms with E-state index in [9.17, 15) is 8.78 Å². The van der Waals surface area contributed by atoms with Crippen molar-refractivity contribution in [3.05, 3.63) is 64.7 Å². The highest BCUT2D eigenvalue weighted by Crippen LogP contribution is 2.40. The zero-order chi connectivity index (χ0) is 14.3. The predicted molar refractivity (Wildman–Crippen MR) is 72.5 cm³/mol. The molecule has 0 aromatic heterocycles. The first kappa shape index (κ1) is 13.1. The first-order valence-electron chi connectivity index (χ1n) is 6.53. The van der Waals surface area contributed by atoms with Gasteiger partial charge in [0.2, 0.25) is 0 Å². The molecule has 4 heteroatoms. The molecule has 0 aliphatic carbocycles. The second kappa shape index (κ2) is 4.87. The summed E-state index contributed by atoms with van der Waals surface area (Å²) in [4.78, 5) is 0. The van der Waals surface area contributed by atoms with Crippen LogP contribution in [0.5, 0.6) is 5.75 Å². The van der Waals surface area contributed by atoms with Gasteiger partial charge in [-0.25, -0.2) is 8.78 Å². The quantitative estimate of drug-likeness (QED) is 0.859. The zero-order valence-corrected chi connectivity index (χ0v) is 11.1. The maximum absolute atomic E-state index is 13.9. The van der Waals surface area contributed by atoms with Crippen molar-refractivity contribution in [1.82, 2.24) is 0 Å². The van der Waals surface area contributed by atoms with Crippen LogP contribution in [0.1, 0.15) is 35.3 Å². The third kappa shape index (κ3) is 2.16. The van der Waals surface area contributed by atoms with E-state index in [2.05, 4.69) is 0 Å². The lowest BCUT2D eigenvalue weighted by Crippen LogP contribution is -2.25. The number of hydrogen-bond donors (Lipinski definition) is 1. The third-order valence-corrected chi connectivity index (χ3v) is 3.63. The molecule has 1 heterocycles. The molecule has 3 rings (SSSR count). The fourth-order valence-corrected chi connectivity index (χ4v) is 2.58. The second-order valence-electron chi connectivity index (χ2n) is 5.13. The van der Waals surface area contributed by atoms with Crippen molar-refractivity contribution in [1.29, 1.82) is 0 Å². The lowest BCUT2D eigenvalue weighted by molar-refractivity contribution is 0.156. The van der Waals surface area contributed by atoms with Crippen molar-refractivity contribution in [2.45, 2.75) is 25.5 Å². The Morgan fingerprint density at radius 3 is 2.75 bits per heavy atom. The largest absolute Gasteiger partial charge is 0.485 e. The molecule has 0 saturated heterocycles. The highest BCUT2D eigenvalue weighted by atomic mass is 19.2. The molecule has 1 aliphatic heterocycles. The fourth-order valence-electron chi connectivity index (χ4n) is 2.58. The average molecular weight is 275 g/mol. The van der Waals surface area contributed by atoms with E-state index < -0.39 is 17.7 Å². The van der Waals surface area contributed by atoms with E-state index in [1.54, 1.807) is 0 Å². The predicted octanol–water partition coefficient (Wildman–Crippen LogP) is 3.80. The fraction of sp³-hybridized carbons (Fsp3) is 0.250. The number of rotatable bonds is 1. The third-order valence-electron chi connectivity index (χ3n) is 3.63. The maximum atomic E-state index is 13.9. The van der Waals surface area contributed by atoms with Crippen molar-refractivity contribution in [3.8, 4) is 5.75 Å². The van der Waals surface area contributed by atoms with E-state index in [0.717, 1.165) is 17.2 Å². The molecule has 0 radical (unpaired) electrons. The minimum atomic E-state index is -0.866. The minimum absolute atomic E-state index is 0.215. The van der Waals surface area contributed by atoms with Crippen LogP contribution in [-0.2, 0) is 0 Å². The highest BCUT2D eigenvalue weighted by Gasteiger charge is 2.29. The molecule has 0 bridgehead atoms. The van der Waals surface area contributed by atoms with Crippen molar-refractivity contribution < 1.29 is 13.5 Å². The molecule has 2 N–H and O–H groups in total. The van der Waals surface area contributed by atoms with E-state index in [-0.39, 0.29) is 11.6 Å². The van der Waals surface area contributed by atoms with Crippen LogP contribution >= 0.6 is 0 Å². The van der Waals surface area contributed by atoms with E-state index in [1.807, 2.05) is 25.1 Å². The Morgan fingerprint density at radius 1 is 1.15 bits per heavy atom. The number of benzene rings is 2. The Bertz CT molecular complexity index is 657. The molecule has 0 spiro atoms. The van der Waals surface area contributed by atoms with E-state index >= 15 is 0 Å². The summed E-state index contributed by atoms with van der Waals surface area (Å²) >= 11 is 0. The maximum Gasteiger partial charge on any atom is 0.165 e. The van der Waals surface area contributed by atoms with Gasteiger partial charge < -0.3 is 10.5 Å². The number of hydrogen-bond acceptors (Lipinski definition) is 2. The summed E-state index contributed by atoms with van der Waals surface area (Å²) in [7, 11) is 0. The number of fused-ring (bicyclic) bond motifs is 1. The number of halogens is 2. The van der Waals surface area contributed by atoms with E-state index in [0.29, 0.717) is 12.2 Å². The standard InChI is InChI=1S/C16H15F2NO/c1-9-5-6-14-11(7-9)13(19)8-15(20-14)10-3-2-4-12(17)16(10)18/h2-7,13,15H,8,19H2,1H3. The molecule has 2 unspecified atom stereocenters. The van der Waals surface area contributed by atoms with Gasteiger partial charge in [-0.2, -0.15) is 0 Å². The van der Waals surface area contributed by atoms with Crippen molar-refractivity contribution in [3.63, 3.8) is 0 Å². The molecule has 0 saturated carbocycles. The van der Waals surface area contributed by atoms with Gasteiger partial charge in [0.25, 0.3) is 0 Å². The highest BCUT2D eigenvalue weighted by molar-refractivity contribution is 5.41. The minimum Gasteiger partial charge on any atom is -0.485 e. The second-order valence-corrected chi connectivity index (χ2v) is 5.13. The summed E-state index contributed by atoms with van der Waals surface area (Å²) in [6.07, 6.45) is -0.132. The molecule has 1 aliphatic rings. The Balaban J connectivity index is 1.99. The molecule has 104 valence electrons. The molecular formula is C16H15F2NO. The molecular weight excluding hydrogens is 260 g/mol. The van der Waals surface area contributed by atoms with Crippen LogP contribution in [0.25, 0.3) is 0 Å². The van der Waals surface area contributed by atoms with Gasteiger partial charge in [0.15, 0.2) is 11.6 Å². The molecule has 2 nitrogen and oxygen atoms in total. The summed E-state index contributed by atoms with van der Waals surface area (Å²) in [6, 6.07) is 9.58. The Hall–Kier alpha value is -1.94. The van der Waals surface area contributed by atoms with Crippen LogP contribution in [0.4, 0.5) is 8.78 Å². The van der Waals surface area contributed by atoms with Gasteiger partial charge in [0.05, 0.1) is 0 Å². The van der Waals surface area contributed by atoms with Crippen LogP contribution in [0.15, 0.2) is 36.4 Å². The summed E-state index contributed by atoms with van der Waals surface area (Å²) in [5, 5.41) is 0.